The van der Waals surface area contributed by atoms with Crippen LogP contribution in [0.3, 0.4) is 0 Å². The lowest BCUT2D eigenvalue weighted by Crippen LogP contribution is -2.46. The Morgan fingerprint density at radius 3 is 2.55 bits per heavy atom. The van der Waals surface area contributed by atoms with E-state index in [1.54, 1.807) is 0 Å². The Bertz CT molecular complexity index is 143. The van der Waals surface area contributed by atoms with Gasteiger partial charge in [-0.1, -0.05) is 12.2 Å². The standard InChI is InChI=1S/C7H14N2OS/c1-6(8)7(11)9-2-4-10-5-3-9/h6H,2-5,8H2,1H3. The number of hydrogen-bond donors (Lipinski definition) is 1. The maximum Gasteiger partial charge on any atom is 0.0948 e. The Morgan fingerprint density at radius 1 is 1.55 bits per heavy atom. The van der Waals surface area contributed by atoms with Crippen LogP contribution in [-0.4, -0.2) is 42.2 Å². The van der Waals surface area contributed by atoms with Crippen molar-refractivity contribution in [2.75, 3.05) is 26.3 Å². The van der Waals surface area contributed by atoms with E-state index in [2.05, 4.69) is 4.90 Å². The summed E-state index contributed by atoms with van der Waals surface area (Å²) in [5, 5.41) is 0. The van der Waals surface area contributed by atoms with Gasteiger partial charge in [-0.25, -0.2) is 0 Å². The molecule has 0 aliphatic carbocycles. The van der Waals surface area contributed by atoms with Gasteiger partial charge < -0.3 is 15.4 Å². The molecule has 0 spiro atoms. The van der Waals surface area contributed by atoms with E-state index < -0.39 is 0 Å². The van der Waals surface area contributed by atoms with E-state index in [-0.39, 0.29) is 6.04 Å². The summed E-state index contributed by atoms with van der Waals surface area (Å²) in [7, 11) is 0. The molecule has 0 aromatic heterocycles. The van der Waals surface area contributed by atoms with Gasteiger partial charge >= 0.3 is 0 Å². The van der Waals surface area contributed by atoms with Crippen LogP contribution in [0.4, 0.5) is 0 Å². The third-order valence-electron chi connectivity index (χ3n) is 1.71. The van der Waals surface area contributed by atoms with Crippen LogP contribution < -0.4 is 5.73 Å². The Morgan fingerprint density at radius 2 is 2.09 bits per heavy atom. The lowest BCUT2D eigenvalue weighted by atomic mass is 10.3. The molecule has 1 saturated heterocycles. The highest BCUT2D eigenvalue weighted by molar-refractivity contribution is 7.80. The number of morpholine rings is 1. The molecule has 0 radical (unpaired) electrons. The molecule has 64 valence electrons. The van der Waals surface area contributed by atoms with Crippen molar-refractivity contribution in [2.45, 2.75) is 13.0 Å². The van der Waals surface area contributed by atoms with Crippen LogP contribution in [0.25, 0.3) is 0 Å². The minimum absolute atomic E-state index is 0.0110. The van der Waals surface area contributed by atoms with Crippen molar-refractivity contribution in [1.82, 2.24) is 4.90 Å². The predicted octanol–water partition coefficient (Wildman–Crippen LogP) is -0.00680. The van der Waals surface area contributed by atoms with Crippen LogP contribution in [0.2, 0.25) is 0 Å². The first-order chi connectivity index (χ1) is 5.22. The molecule has 0 amide bonds. The molecule has 1 aliphatic rings. The first-order valence-corrected chi connectivity index (χ1v) is 4.25. The molecule has 0 bridgehead atoms. The lowest BCUT2D eigenvalue weighted by molar-refractivity contribution is 0.0680. The maximum atomic E-state index is 5.64. The zero-order valence-electron chi connectivity index (χ0n) is 6.75. The normalized spacial score (nSPS) is 21.5. The number of thiocarbonyl (C=S) groups is 1. The molecule has 1 rings (SSSR count). The number of hydrogen-bond acceptors (Lipinski definition) is 3. The summed E-state index contributed by atoms with van der Waals surface area (Å²) in [4.78, 5) is 2.97. The van der Waals surface area contributed by atoms with E-state index in [0.29, 0.717) is 0 Å². The fourth-order valence-corrected chi connectivity index (χ4v) is 1.25. The van der Waals surface area contributed by atoms with Crippen LogP contribution >= 0.6 is 12.2 Å². The summed E-state index contributed by atoms with van der Waals surface area (Å²) in [6, 6.07) is -0.0110. The third-order valence-corrected chi connectivity index (χ3v) is 2.34. The number of ether oxygens (including phenoxy) is 1. The van der Waals surface area contributed by atoms with Gasteiger partial charge in [0.25, 0.3) is 0 Å². The summed E-state index contributed by atoms with van der Waals surface area (Å²) in [5.74, 6) is 0. The van der Waals surface area contributed by atoms with Crippen LogP contribution in [0, 0.1) is 0 Å². The molecule has 3 nitrogen and oxygen atoms in total. The molecule has 1 unspecified atom stereocenters. The van der Waals surface area contributed by atoms with Crippen molar-refractivity contribution in [2.24, 2.45) is 5.73 Å². The topological polar surface area (TPSA) is 38.5 Å². The van der Waals surface area contributed by atoms with Gasteiger partial charge in [0, 0.05) is 13.1 Å². The van der Waals surface area contributed by atoms with Gasteiger partial charge in [0.1, 0.15) is 0 Å². The van der Waals surface area contributed by atoms with Crippen molar-refractivity contribution in [3.8, 4) is 0 Å². The number of nitrogens with zero attached hydrogens (tertiary/aromatic N) is 1. The molecule has 2 N–H and O–H groups in total. The molecule has 1 heterocycles. The van der Waals surface area contributed by atoms with Crippen molar-refractivity contribution < 1.29 is 4.74 Å². The minimum atomic E-state index is -0.0110. The zero-order chi connectivity index (χ0) is 8.27. The smallest absolute Gasteiger partial charge is 0.0948 e. The van der Waals surface area contributed by atoms with E-state index in [4.69, 9.17) is 22.7 Å². The predicted molar refractivity (Wildman–Crippen MR) is 48.6 cm³/mol. The van der Waals surface area contributed by atoms with Crippen molar-refractivity contribution in [3.63, 3.8) is 0 Å². The van der Waals surface area contributed by atoms with Gasteiger partial charge in [0.05, 0.1) is 24.2 Å². The van der Waals surface area contributed by atoms with E-state index in [0.717, 1.165) is 31.3 Å². The van der Waals surface area contributed by atoms with Crippen LogP contribution in [-0.2, 0) is 4.74 Å². The van der Waals surface area contributed by atoms with Crippen molar-refractivity contribution in [3.05, 3.63) is 0 Å². The fraction of sp³-hybridized carbons (Fsp3) is 0.857. The SMILES string of the molecule is CC(N)C(=S)N1CCOCC1. The molecular formula is C7H14N2OS. The highest BCUT2D eigenvalue weighted by atomic mass is 32.1. The Balaban J connectivity index is 2.39. The summed E-state index contributed by atoms with van der Waals surface area (Å²) in [6.45, 7) is 5.23. The van der Waals surface area contributed by atoms with E-state index in [1.807, 2.05) is 6.92 Å². The second kappa shape index (κ2) is 3.99. The minimum Gasteiger partial charge on any atom is -0.378 e. The summed E-state index contributed by atoms with van der Waals surface area (Å²) in [6.07, 6.45) is 0. The zero-order valence-corrected chi connectivity index (χ0v) is 7.56. The van der Waals surface area contributed by atoms with Crippen LogP contribution in [0.5, 0.6) is 0 Å². The largest absolute Gasteiger partial charge is 0.378 e. The number of rotatable bonds is 1. The average molecular weight is 174 g/mol. The molecule has 1 aliphatic heterocycles. The molecule has 0 aromatic rings. The highest BCUT2D eigenvalue weighted by Gasteiger charge is 2.15. The van der Waals surface area contributed by atoms with Crippen LogP contribution in [0.15, 0.2) is 0 Å². The van der Waals surface area contributed by atoms with Gasteiger partial charge in [-0.15, -0.1) is 0 Å². The van der Waals surface area contributed by atoms with Crippen LogP contribution in [0.1, 0.15) is 6.92 Å². The Hall–Kier alpha value is -0.190. The Kier molecular flexibility index (Phi) is 3.23. The first-order valence-electron chi connectivity index (χ1n) is 3.84. The molecule has 0 aromatic carbocycles. The molecule has 1 atom stereocenters. The third kappa shape index (κ3) is 2.39. The fourth-order valence-electron chi connectivity index (χ4n) is 1.07. The van der Waals surface area contributed by atoms with Gasteiger partial charge in [0.2, 0.25) is 0 Å². The lowest BCUT2D eigenvalue weighted by Gasteiger charge is -2.30. The molecule has 1 fully saturated rings. The highest BCUT2D eigenvalue weighted by Crippen LogP contribution is 2.00. The van der Waals surface area contributed by atoms with Gasteiger partial charge in [-0.05, 0) is 6.92 Å². The van der Waals surface area contributed by atoms with E-state index in [9.17, 15) is 0 Å². The summed E-state index contributed by atoms with van der Waals surface area (Å²) >= 11 is 5.14. The molecule has 4 heteroatoms. The first kappa shape index (κ1) is 8.90. The average Bonchev–Trinajstić information content (AvgIpc) is 2.05. The summed E-state index contributed by atoms with van der Waals surface area (Å²) in [5.41, 5.74) is 5.64. The van der Waals surface area contributed by atoms with Crippen molar-refractivity contribution >= 4 is 17.2 Å². The van der Waals surface area contributed by atoms with Crippen molar-refractivity contribution in [1.29, 1.82) is 0 Å². The molecular weight excluding hydrogens is 160 g/mol. The van der Waals surface area contributed by atoms with Gasteiger partial charge in [0.15, 0.2) is 0 Å². The quantitative estimate of drug-likeness (QED) is 0.568. The second-order valence-electron chi connectivity index (χ2n) is 2.73. The maximum absolute atomic E-state index is 5.64. The monoisotopic (exact) mass is 174 g/mol. The Labute approximate surface area is 72.5 Å². The second-order valence-corrected chi connectivity index (χ2v) is 3.14. The van der Waals surface area contributed by atoms with Gasteiger partial charge in [-0.2, -0.15) is 0 Å². The molecule has 11 heavy (non-hydrogen) atoms. The van der Waals surface area contributed by atoms with Gasteiger partial charge in [-0.3, -0.25) is 0 Å². The molecule has 0 saturated carbocycles. The van der Waals surface area contributed by atoms with E-state index >= 15 is 0 Å². The summed E-state index contributed by atoms with van der Waals surface area (Å²) < 4.78 is 5.19. The number of nitrogens with two attached hydrogens (primary N) is 1. The van der Waals surface area contributed by atoms with E-state index in [1.165, 1.54) is 0 Å².